The summed E-state index contributed by atoms with van der Waals surface area (Å²) in [6.07, 6.45) is 6.64. The fraction of sp³-hybridized carbons (Fsp3) is 0.536. The SMILES string of the molecule is C[C@H](NC(=O)OC(C)(C)C)C(=O)N1CCN(CCCOC2(C#N)C=CC(c3ccccc3)=CC2)CC1. The Bertz CT molecular complexity index is 1000. The van der Waals surface area contributed by atoms with Gasteiger partial charge >= 0.3 is 6.09 Å². The fourth-order valence-corrected chi connectivity index (χ4v) is 4.24. The Labute approximate surface area is 214 Å². The van der Waals surface area contributed by atoms with Crippen molar-refractivity contribution < 1.29 is 19.1 Å². The lowest BCUT2D eigenvalue weighted by Gasteiger charge is -2.36. The molecule has 2 aliphatic rings. The van der Waals surface area contributed by atoms with E-state index in [4.69, 9.17) is 9.47 Å². The van der Waals surface area contributed by atoms with Gasteiger partial charge in [0.05, 0.1) is 6.61 Å². The average Bonchev–Trinajstić information content (AvgIpc) is 2.86. The molecule has 0 aromatic heterocycles. The summed E-state index contributed by atoms with van der Waals surface area (Å²) < 4.78 is 11.3. The van der Waals surface area contributed by atoms with E-state index in [0.29, 0.717) is 26.1 Å². The summed E-state index contributed by atoms with van der Waals surface area (Å²) in [5, 5.41) is 12.4. The molecule has 2 amide bonds. The maximum absolute atomic E-state index is 12.7. The number of allylic oxidation sites excluding steroid dienone is 2. The number of ether oxygens (including phenoxy) is 2. The zero-order chi connectivity index (χ0) is 26.2. The summed E-state index contributed by atoms with van der Waals surface area (Å²) >= 11 is 0. The third-order valence-corrected chi connectivity index (χ3v) is 6.22. The first-order chi connectivity index (χ1) is 17.1. The van der Waals surface area contributed by atoms with Crippen molar-refractivity contribution in [2.24, 2.45) is 0 Å². The Hall–Kier alpha value is -3.15. The smallest absolute Gasteiger partial charge is 0.408 e. The van der Waals surface area contributed by atoms with Gasteiger partial charge in [-0.25, -0.2) is 4.79 Å². The van der Waals surface area contributed by atoms with Gasteiger partial charge in [0, 0.05) is 39.1 Å². The fourth-order valence-electron chi connectivity index (χ4n) is 4.24. The number of nitriles is 1. The molecule has 0 spiro atoms. The largest absolute Gasteiger partial charge is 0.444 e. The van der Waals surface area contributed by atoms with Gasteiger partial charge in [-0.05, 0) is 51.3 Å². The minimum absolute atomic E-state index is 0.105. The predicted octanol–water partition coefficient (Wildman–Crippen LogP) is 3.76. The lowest BCUT2D eigenvalue weighted by molar-refractivity contribution is -0.134. The zero-order valence-corrected chi connectivity index (χ0v) is 21.8. The van der Waals surface area contributed by atoms with Crippen molar-refractivity contribution in [1.29, 1.82) is 5.26 Å². The molecular weight excluding hydrogens is 456 g/mol. The molecule has 194 valence electrons. The third kappa shape index (κ3) is 7.94. The van der Waals surface area contributed by atoms with Crippen LogP contribution in [0.4, 0.5) is 4.79 Å². The maximum atomic E-state index is 12.7. The standard InChI is InChI=1S/C28H38N4O4/c1-22(30-26(34)36-27(2,3)4)25(33)32-18-16-31(17-19-32)15-8-20-35-28(21-29)13-11-24(12-14-28)23-9-6-5-7-10-23/h5-7,9-13,22H,8,14-20H2,1-4H3,(H,30,34)/t22-,28?/m0/s1. The van der Waals surface area contributed by atoms with Gasteiger partial charge in [0.15, 0.2) is 5.60 Å². The van der Waals surface area contributed by atoms with Crippen LogP contribution in [-0.2, 0) is 14.3 Å². The molecule has 1 fully saturated rings. The normalized spacial score (nSPS) is 21.3. The first kappa shape index (κ1) is 27.4. The van der Waals surface area contributed by atoms with E-state index in [1.165, 1.54) is 0 Å². The number of hydrogen-bond donors (Lipinski definition) is 1. The Morgan fingerprint density at radius 2 is 1.86 bits per heavy atom. The number of nitrogens with one attached hydrogen (secondary N) is 1. The Kier molecular flexibility index (Phi) is 9.30. The van der Waals surface area contributed by atoms with E-state index in [1.54, 1.807) is 32.6 Å². The van der Waals surface area contributed by atoms with Crippen LogP contribution in [-0.4, -0.2) is 78.4 Å². The van der Waals surface area contributed by atoms with Crippen LogP contribution in [0.25, 0.3) is 5.57 Å². The highest BCUT2D eigenvalue weighted by atomic mass is 16.6. The highest BCUT2D eigenvalue weighted by Gasteiger charge is 2.30. The van der Waals surface area contributed by atoms with Crippen LogP contribution in [0, 0.1) is 11.3 Å². The van der Waals surface area contributed by atoms with Gasteiger partial charge in [0.25, 0.3) is 0 Å². The number of piperazine rings is 1. The van der Waals surface area contributed by atoms with Crippen LogP contribution in [0.5, 0.6) is 0 Å². The molecule has 3 rings (SSSR count). The van der Waals surface area contributed by atoms with Crippen LogP contribution < -0.4 is 5.32 Å². The van der Waals surface area contributed by atoms with Crippen LogP contribution in [0.1, 0.15) is 46.1 Å². The topological polar surface area (TPSA) is 94.9 Å². The van der Waals surface area contributed by atoms with Crippen molar-refractivity contribution in [2.75, 3.05) is 39.3 Å². The summed E-state index contributed by atoms with van der Waals surface area (Å²) in [5.74, 6) is -0.105. The quantitative estimate of drug-likeness (QED) is 0.553. The number of carbonyl (C=O) groups excluding carboxylic acids is 2. The van der Waals surface area contributed by atoms with Crippen LogP contribution in [0.15, 0.2) is 48.6 Å². The molecule has 1 aromatic rings. The van der Waals surface area contributed by atoms with Gasteiger partial charge in [-0.2, -0.15) is 5.26 Å². The van der Waals surface area contributed by atoms with Gasteiger partial charge < -0.3 is 19.7 Å². The number of nitrogens with zero attached hydrogens (tertiary/aromatic N) is 3. The van der Waals surface area contributed by atoms with E-state index < -0.39 is 23.3 Å². The van der Waals surface area contributed by atoms with Crippen molar-refractivity contribution >= 4 is 17.6 Å². The lowest BCUT2D eigenvalue weighted by atomic mass is 9.90. The molecule has 36 heavy (non-hydrogen) atoms. The molecule has 1 aromatic carbocycles. The molecule has 8 nitrogen and oxygen atoms in total. The molecular formula is C28H38N4O4. The second kappa shape index (κ2) is 12.2. The Morgan fingerprint density at radius 3 is 2.44 bits per heavy atom. The molecule has 0 saturated carbocycles. The summed E-state index contributed by atoms with van der Waals surface area (Å²) in [4.78, 5) is 28.7. The summed E-state index contributed by atoms with van der Waals surface area (Å²) in [5.41, 5.74) is 0.714. The first-order valence-electron chi connectivity index (χ1n) is 12.6. The summed E-state index contributed by atoms with van der Waals surface area (Å²) in [6.45, 7) is 11.1. The summed E-state index contributed by atoms with van der Waals surface area (Å²) in [7, 11) is 0. The van der Waals surface area contributed by atoms with E-state index in [0.717, 1.165) is 37.2 Å². The molecule has 1 aliphatic carbocycles. The second-order valence-electron chi connectivity index (χ2n) is 10.3. The lowest BCUT2D eigenvalue weighted by Crippen LogP contribution is -2.54. The van der Waals surface area contributed by atoms with Crippen molar-refractivity contribution in [3.05, 3.63) is 54.1 Å². The average molecular weight is 495 g/mol. The minimum atomic E-state index is -0.916. The van der Waals surface area contributed by atoms with E-state index in [-0.39, 0.29) is 5.91 Å². The molecule has 1 saturated heterocycles. The van der Waals surface area contributed by atoms with Crippen molar-refractivity contribution in [3.63, 3.8) is 0 Å². The van der Waals surface area contributed by atoms with Gasteiger partial charge in [-0.3, -0.25) is 9.69 Å². The van der Waals surface area contributed by atoms with E-state index in [9.17, 15) is 14.9 Å². The van der Waals surface area contributed by atoms with E-state index >= 15 is 0 Å². The van der Waals surface area contributed by atoms with Crippen molar-refractivity contribution in [3.8, 4) is 6.07 Å². The highest BCUT2D eigenvalue weighted by molar-refractivity contribution is 5.85. The van der Waals surface area contributed by atoms with Crippen molar-refractivity contribution in [2.45, 2.75) is 57.8 Å². The molecule has 8 heteroatoms. The van der Waals surface area contributed by atoms with Crippen LogP contribution >= 0.6 is 0 Å². The van der Waals surface area contributed by atoms with Gasteiger partial charge in [-0.15, -0.1) is 0 Å². The maximum Gasteiger partial charge on any atom is 0.408 e. The van der Waals surface area contributed by atoms with Crippen LogP contribution in [0.3, 0.4) is 0 Å². The monoisotopic (exact) mass is 494 g/mol. The summed E-state index contributed by atoms with van der Waals surface area (Å²) in [6, 6.07) is 11.8. The third-order valence-electron chi connectivity index (χ3n) is 6.22. The van der Waals surface area contributed by atoms with E-state index in [1.807, 2.05) is 30.4 Å². The Balaban J connectivity index is 1.36. The zero-order valence-electron chi connectivity index (χ0n) is 21.8. The number of alkyl carbamates (subject to hydrolysis) is 1. The van der Waals surface area contributed by atoms with Gasteiger partial charge in [-0.1, -0.05) is 42.5 Å². The first-order valence-corrected chi connectivity index (χ1v) is 12.6. The number of rotatable bonds is 8. The minimum Gasteiger partial charge on any atom is -0.444 e. The Morgan fingerprint density at radius 1 is 1.17 bits per heavy atom. The van der Waals surface area contributed by atoms with E-state index in [2.05, 4.69) is 34.5 Å². The van der Waals surface area contributed by atoms with Gasteiger partial charge in [0.1, 0.15) is 17.7 Å². The molecule has 1 N–H and O–H groups in total. The molecule has 0 radical (unpaired) electrons. The molecule has 1 heterocycles. The molecule has 1 aliphatic heterocycles. The molecule has 0 bridgehead atoms. The number of benzene rings is 1. The highest BCUT2D eigenvalue weighted by Crippen LogP contribution is 2.29. The molecule has 2 atom stereocenters. The predicted molar refractivity (Wildman–Crippen MR) is 139 cm³/mol. The molecule has 1 unspecified atom stereocenters. The number of carbonyl (C=O) groups is 2. The van der Waals surface area contributed by atoms with Gasteiger partial charge in [0.2, 0.25) is 5.91 Å². The van der Waals surface area contributed by atoms with Crippen LogP contribution in [0.2, 0.25) is 0 Å². The number of hydrogen-bond acceptors (Lipinski definition) is 6. The van der Waals surface area contributed by atoms with Crippen molar-refractivity contribution in [1.82, 2.24) is 15.1 Å². The number of amides is 2. The second-order valence-corrected chi connectivity index (χ2v) is 10.3.